The Kier molecular flexibility index (Phi) is 12.4. The third kappa shape index (κ3) is 10.1. The van der Waals surface area contributed by atoms with Gasteiger partial charge in [0, 0.05) is 6.61 Å². The fraction of sp³-hybridized carbons (Fsp3) is 0.846. The number of allylic oxidation sites excluding steroid dienone is 2. The molecule has 96 valence electrons. The average Bonchev–Trinajstić information content (AvgIpc) is 2.32. The molecule has 0 aromatic rings. The van der Waals surface area contributed by atoms with Crippen LogP contribution in [0.1, 0.15) is 45.4 Å². The van der Waals surface area contributed by atoms with E-state index in [1.54, 1.807) is 0 Å². The van der Waals surface area contributed by atoms with Crippen LogP contribution in [0.5, 0.6) is 0 Å². The standard InChI is InChI=1S/C13H26O3/c1-2-3-4-5-6-7-8-9-10-16-13(11-14)12-15/h2-3,13-15H,4-12H2,1H3/b3-2+. The molecule has 0 aromatic heterocycles. The first-order valence-electron chi connectivity index (χ1n) is 6.29. The van der Waals surface area contributed by atoms with Crippen LogP contribution < -0.4 is 0 Å². The molecule has 0 radical (unpaired) electrons. The van der Waals surface area contributed by atoms with E-state index in [2.05, 4.69) is 19.1 Å². The summed E-state index contributed by atoms with van der Waals surface area (Å²) in [6.07, 6.45) is 11.0. The minimum absolute atomic E-state index is 0.0974. The SMILES string of the molecule is C/C=C/CCCCCCCOC(CO)CO. The van der Waals surface area contributed by atoms with Crippen molar-refractivity contribution in [3.05, 3.63) is 12.2 Å². The maximum atomic E-state index is 8.76. The zero-order valence-corrected chi connectivity index (χ0v) is 10.4. The van der Waals surface area contributed by atoms with Crippen LogP contribution in [0.4, 0.5) is 0 Å². The Labute approximate surface area is 99.1 Å². The summed E-state index contributed by atoms with van der Waals surface area (Å²) in [5.74, 6) is 0. The van der Waals surface area contributed by atoms with Gasteiger partial charge in [0.1, 0.15) is 6.10 Å². The Morgan fingerprint density at radius 1 is 1.00 bits per heavy atom. The predicted octanol–water partition coefficient (Wildman–Crippen LogP) is 2.27. The second-order valence-corrected chi connectivity index (χ2v) is 3.98. The first kappa shape index (κ1) is 15.6. The molecule has 0 unspecified atom stereocenters. The lowest BCUT2D eigenvalue weighted by atomic mass is 10.1. The molecule has 0 aliphatic heterocycles. The van der Waals surface area contributed by atoms with Gasteiger partial charge in [0.25, 0.3) is 0 Å². The number of hydrogen-bond acceptors (Lipinski definition) is 3. The highest BCUT2D eigenvalue weighted by Crippen LogP contribution is 2.06. The van der Waals surface area contributed by atoms with E-state index in [1.165, 1.54) is 32.1 Å². The number of aliphatic hydroxyl groups is 2. The lowest BCUT2D eigenvalue weighted by molar-refractivity contribution is -0.0208. The summed E-state index contributed by atoms with van der Waals surface area (Å²) in [7, 11) is 0. The Morgan fingerprint density at radius 3 is 2.25 bits per heavy atom. The van der Waals surface area contributed by atoms with Gasteiger partial charge < -0.3 is 14.9 Å². The van der Waals surface area contributed by atoms with Crippen molar-refractivity contribution in [1.29, 1.82) is 0 Å². The highest BCUT2D eigenvalue weighted by atomic mass is 16.5. The van der Waals surface area contributed by atoms with Gasteiger partial charge in [-0.25, -0.2) is 0 Å². The monoisotopic (exact) mass is 230 g/mol. The van der Waals surface area contributed by atoms with E-state index in [-0.39, 0.29) is 13.2 Å². The highest BCUT2D eigenvalue weighted by Gasteiger charge is 2.04. The van der Waals surface area contributed by atoms with Crippen LogP contribution in [0.25, 0.3) is 0 Å². The van der Waals surface area contributed by atoms with Crippen LogP contribution in [0.2, 0.25) is 0 Å². The van der Waals surface area contributed by atoms with Gasteiger partial charge in [0.2, 0.25) is 0 Å². The molecule has 0 aliphatic carbocycles. The van der Waals surface area contributed by atoms with E-state index in [4.69, 9.17) is 14.9 Å². The summed E-state index contributed by atoms with van der Waals surface area (Å²) in [6, 6.07) is 0. The van der Waals surface area contributed by atoms with Crippen LogP contribution in [0, 0.1) is 0 Å². The number of ether oxygens (including phenoxy) is 1. The number of unbranched alkanes of at least 4 members (excludes halogenated alkanes) is 5. The second kappa shape index (κ2) is 12.7. The van der Waals surface area contributed by atoms with Gasteiger partial charge in [-0.05, 0) is 26.2 Å². The maximum Gasteiger partial charge on any atom is 0.104 e. The maximum absolute atomic E-state index is 8.76. The van der Waals surface area contributed by atoms with Crippen molar-refractivity contribution in [2.75, 3.05) is 19.8 Å². The van der Waals surface area contributed by atoms with Gasteiger partial charge in [-0.15, -0.1) is 0 Å². The molecule has 0 heterocycles. The normalized spacial score (nSPS) is 11.8. The van der Waals surface area contributed by atoms with Gasteiger partial charge in [-0.2, -0.15) is 0 Å². The fourth-order valence-electron chi connectivity index (χ4n) is 1.47. The number of aliphatic hydroxyl groups excluding tert-OH is 2. The molecular weight excluding hydrogens is 204 g/mol. The van der Waals surface area contributed by atoms with Crippen molar-refractivity contribution in [2.45, 2.75) is 51.6 Å². The smallest absolute Gasteiger partial charge is 0.104 e. The van der Waals surface area contributed by atoms with Gasteiger partial charge >= 0.3 is 0 Å². The average molecular weight is 230 g/mol. The molecule has 2 N–H and O–H groups in total. The van der Waals surface area contributed by atoms with Crippen molar-refractivity contribution >= 4 is 0 Å². The van der Waals surface area contributed by atoms with E-state index in [1.807, 2.05) is 0 Å². The van der Waals surface area contributed by atoms with E-state index >= 15 is 0 Å². The van der Waals surface area contributed by atoms with Crippen molar-refractivity contribution in [2.24, 2.45) is 0 Å². The number of hydrogen-bond donors (Lipinski definition) is 2. The summed E-state index contributed by atoms with van der Waals surface area (Å²) < 4.78 is 5.27. The van der Waals surface area contributed by atoms with E-state index in [0.29, 0.717) is 6.61 Å². The Bertz CT molecular complexity index is 153. The van der Waals surface area contributed by atoms with Gasteiger partial charge in [-0.3, -0.25) is 0 Å². The van der Waals surface area contributed by atoms with Crippen molar-refractivity contribution < 1.29 is 14.9 Å². The van der Waals surface area contributed by atoms with Crippen LogP contribution in [0.3, 0.4) is 0 Å². The fourth-order valence-corrected chi connectivity index (χ4v) is 1.47. The molecule has 0 saturated heterocycles. The lowest BCUT2D eigenvalue weighted by Crippen LogP contribution is -2.22. The molecule has 0 aromatic carbocycles. The van der Waals surface area contributed by atoms with Crippen LogP contribution in [-0.2, 0) is 4.74 Å². The minimum Gasteiger partial charge on any atom is -0.394 e. The Hall–Kier alpha value is -0.380. The Morgan fingerprint density at radius 2 is 1.62 bits per heavy atom. The van der Waals surface area contributed by atoms with E-state index in [9.17, 15) is 0 Å². The molecule has 0 fully saturated rings. The molecule has 3 heteroatoms. The topological polar surface area (TPSA) is 49.7 Å². The lowest BCUT2D eigenvalue weighted by Gasteiger charge is -2.11. The molecule has 0 amide bonds. The predicted molar refractivity (Wildman–Crippen MR) is 66.4 cm³/mol. The molecule has 16 heavy (non-hydrogen) atoms. The van der Waals surface area contributed by atoms with Crippen LogP contribution in [0.15, 0.2) is 12.2 Å². The van der Waals surface area contributed by atoms with E-state index < -0.39 is 6.10 Å². The zero-order valence-electron chi connectivity index (χ0n) is 10.4. The molecular formula is C13H26O3. The summed E-state index contributed by atoms with van der Waals surface area (Å²) in [5.41, 5.74) is 0. The summed E-state index contributed by atoms with van der Waals surface area (Å²) >= 11 is 0. The summed E-state index contributed by atoms with van der Waals surface area (Å²) in [4.78, 5) is 0. The third-order valence-corrected chi connectivity index (χ3v) is 2.51. The van der Waals surface area contributed by atoms with Gasteiger partial charge in [0.05, 0.1) is 13.2 Å². The van der Waals surface area contributed by atoms with Crippen molar-refractivity contribution in [1.82, 2.24) is 0 Å². The molecule has 0 saturated carbocycles. The van der Waals surface area contributed by atoms with Crippen LogP contribution >= 0.6 is 0 Å². The third-order valence-electron chi connectivity index (χ3n) is 2.51. The largest absolute Gasteiger partial charge is 0.394 e. The van der Waals surface area contributed by atoms with Gasteiger partial charge in [0.15, 0.2) is 0 Å². The summed E-state index contributed by atoms with van der Waals surface area (Å²) in [6.45, 7) is 2.50. The highest BCUT2D eigenvalue weighted by molar-refractivity contribution is 4.76. The molecule has 0 bridgehead atoms. The summed E-state index contributed by atoms with van der Waals surface area (Å²) in [5, 5.41) is 17.5. The first-order valence-corrected chi connectivity index (χ1v) is 6.29. The first-order chi connectivity index (χ1) is 7.85. The van der Waals surface area contributed by atoms with Gasteiger partial charge in [-0.1, -0.05) is 31.4 Å². The molecule has 0 atom stereocenters. The molecule has 0 rings (SSSR count). The van der Waals surface area contributed by atoms with Crippen molar-refractivity contribution in [3.8, 4) is 0 Å². The second-order valence-electron chi connectivity index (χ2n) is 3.98. The zero-order chi connectivity index (χ0) is 12.1. The molecule has 0 spiro atoms. The minimum atomic E-state index is -0.394. The number of rotatable bonds is 11. The van der Waals surface area contributed by atoms with Crippen LogP contribution in [-0.4, -0.2) is 36.1 Å². The molecule has 3 nitrogen and oxygen atoms in total. The van der Waals surface area contributed by atoms with E-state index in [0.717, 1.165) is 6.42 Å². The quantitative estimate of drug-likeness (QED) is 0.423. The Balaban J connectivity index is 3.09. The van der Waals surface area contributed by atoms with Crippen molar-refractivity contribution in [3.63, 3.8) is 0 Å². The molecule has 0 aliphatic rings.